The monoisotopic (exact) mass is 176 g/mol. The average Bonchev–Trinajstić information content (AvgIpc) is 2.09. The van der Waals surface area contributed by atoms with Gasteiger partial charge in [0.15, 0.2) is 0 Å². The summed E-state index contributed by atoms with van der Waals surface area (Å²) in [5.41, 5.74) is 0. The fourth-order valence-electron chi connectivity index (χ4n) is 1.25. The van der Waals surface area contributed by atoms with Crippen LogP contribution in [0.4, 0.5) is 4.39 Å². The normalized spacial score (nSPS) is 13.2. The molecule has 0 rings (SSSR count). The molecule has 0 saturated heterocycles. The van der Waals surface area contributed by atoms with Crippen LogP contribution in [0.25, 0.3) is 0 Å². The van der Waals surface area contributed by atoms with Gasteiger partial charge in [-0.15, -0.1) is 0 Å². The highest BCUT2D eigenvalue weighted by Crippen LogP contribution is 2.12. The summed E-state index contributed by atoms with van der Waals surface area (Å²) in [5, 5.41) is 8.46. The van der Waals surface area contributed by atoms with Gasteiger partial charge in [-0.25, -0.2) is 4.39 Å². The Balaban J connectivity index is 3.02. The second-order valence-electron chi connectivity index (χ2n) is 3.31. The van der Waals surface area contributed by atoms with E-state index < -0.39 is 6.17 Å². The van der Waals surface area contributed by atoms with Gasteiger partial charge >= 0.3 is 0 Å². The number of aliphatic hydroxyl groups excluding tert-OH is 1. The van der Waals surface area contributed by atoms with Gasteiger partial charge in [-0.2, -0.15) is 0 Å². The maximum Gasteiger partial charge on any atom is 0.100 e. The van der Waals surface area contributed by atoms with Crippen LogP contribution in [0.3, 0.4) is 0 Å². The zero-order chi connectivity index (χ0) is 9.23. The highest BCUT2D eigenvalue weighted by molar-refractivity contribution is 4.56. The fraction of sp³-hybridized carbons (Fsp3) is 1.00. The third-order valence-electron chi connectivity index (χ3n) is 2.05. The first kappa shape index (κ1) is 11.9. The van der Waals surface area contributed by atoms with Gasteiger partial charge in [0.05, 0.1) is 0 Å². The van der Waals surface area contributed by atoms with Crippen molar-refractivity contribution in [1.82, 2.24) is 0 Å². The van der Waals surface area contributed by atoms with Crippen LogP contribution in [0, 0.1) is 0 Å². The van der Waals surface area contributed by atoms with E-state index in [4.69, 9.17) is 5.11 Å². The molecule has 0 aliphatic rings. The molecule has 1 atom stereocenters. The average molecular weight is 176 g/mol. The van der Waals surface area contributed by atoms with Crippen LogP contribution in [0.2, 0.25) is 0 Å². The molecular weight excluding hydrogens is 155 g/mol. The van der Waals surface area contributed by atoms with E-state index in [0.717, 1.165) is 12.8 Å². The van der Waals surface area contributed by atoms with E-state index in [9.17, 15) is 4.39 Å². The van der Waals surface area contributed by atoms with Gasteiger partial charge in [0.25, 0.3) is 0 Å². The molecule has 1 N–H and O–H groups in total. The van der Waals surface area contributed by atoms with E-state index in [1.165, 1.54) is 12.8 Å². The number of unbranched alkanes of at least 4 members (excludes halogenated alkanes) is 3. The van der Waals surface area contributed by atoms with Crippen molar-refractivity contribution in [1.29, 1.82) is 0 Å². The lowest BCUT2D eigenvalue weighted by Crippen LogP contribution is -2.01. The minimum Gasteiger partial charge on any atom is -0.396 e. The quantitative estimate of drug-likeness (QED) is 0.563. The second-order valence-corrected chi connectivity index (χ2v) is 3.31. The zero-order valence-corrected chi connectivity index (χ0v) is 8.06. The molecule has 0 saturated carbocycles. The second kappa shape index (κ2) is 8.98. The van der Waals surface area contributed by atoms with Crippen LogP contribution in [-0.2, 0) is 0 Å². The van der Waals surface area contributed by atoms with Crippen molar-refractivity contribution in [3.63, 3.8) is 0 Å². The fourth-order valence-corrected chi connectivity index (χ4v) is 1.25. The Morgan fingerprint density at radius 1 is 1.08 bits per heavy atom. The van der Waals surface area contributed by atoms with E-state index >= 15 is 0 Å². The van der Waals surface area contributed by atoms with Gasteiger partial charge in [0, 0.05) is 6.61 Å². The summed E-state index contributed by atoms with van der Waals surface area (Å²) >= 11 is 0. The highest BCUT2D eigenvalue weighted by atomic mass is 19.1. The van der Waals surface area contributed by atoms with Crippen molar-refractivity contribution >= 4 is 0 Å². The van der Waals surface area contributed by atoms with Crippen molar-refractivity contribution in [2.75, 3.05) is 6.61 Å². The summed E-state index contributed by atoms with van der Waals surface area (Å²) in [6.45, 7) is 2.27. The van der Waals surface area contributed by atoms with E-state index in [2.05, 4.69) is 6.92 Å². The first-order chi connectivity index (χ1) is 5.81. The van der Waals surface area contributed by atoms with Crippen molar-refractivity contribution in [3.05, 3.63) is 0 Å². The molecule has 0 spiro atoms. The van der Waals surface area contributed by atoms with Crippen molar-refractivity contribution < 1.29 is 9.50 Å². The minimum absolute atomic E-state index is 0.120. The number of hydrogen-bond donors (Lipinski definition) is 1. The van der Waals surface area contributed by atoms with Crippen LogP contribution >= 0.6 is 0 Å². The largest absolute Gasteiger partial charge is 0.396 e. The van der Waals surface area contributed by atoms with Gasteiger partial charge in [0.2, 0.25) is 0 Å². The lowest BCUT2D eigenvalue weighted by molar-refractivity contribution is 0.234. The summed E-state index contributed by atoms with van der Waals surface area (Å²) in [4.78, 5) is 0. The van der Waals surface area contributed by atoms with E-state index in [-0.39, 0.29) is 6.61 Å². The van der Waals surface area contributed by atoms with Crippen molar-refractivity contribution in [2.24, 2.45) is 0 Å². The summed E-state index contributed by atoms with van der Waals surface area (Å²) in [6.07, 6.45) is 5.70. The van der Waals surface area contributed by atoms with Crippen molar-refractivity contribution in [3.8, 4) is 0 Å². The molecule has 1 unspecified atom stereocenters. The molecule has 0 fully saturated rings. The molecule has 0 aromatic carbocycles. The van der Waals surface area contributed by atoms with Crippen LogP contribution < -0.4 is 0 Å². The van der Waals surface area contributed by atoms with Gasteiger partial charge in [-0.1, -0.05) is 32.6 Å². The smallest absolute Gasteiger partial charge is 0.100 e. The predicted molar refractivity (Wildman–Crippen MR) is 50.0 cm³/mol. The van der Waals surface area contributed by atoms with Crippen LogP contribution in [0.5, 0.6) is 0 Å². The number of alkyl halides is 1. The molecule has 0 aromatic rings. The summed E-state index contributed by atoms with van der Waals surface area (Å²) in [7, 11) is 0. The molecule has 0 heterocycles. The Morgan fingerprint density at radius 3 is 2.33 bits per heavy atom. The maximum absolute atomic E-state index is 12.9. The molecule has 0 radical (unpaired) electrons. The first-order valence-electron chi connectivity index (χ1n) is 5.06. The highest BCUT2D eigenvalue weighted by Gasteiger charge is 2.04. The van der Waals surface area contributed by atoms with Gasteiger partial charge in [-0.3, -0.25) is 0 Å². The molecule has 2 heteroatoms. The minimum atomic E-state index is -0.686. The molecule has 12 heavy (non-hydrogen) atoms. The van der Waals surface area contributed by atoms with Gasteiger partial charge in [0.1, 0.15) is 6.17 Å². The number of rotatable bonds is 8. The van der Waals surface area contributed by atoms with Gasteiger partial charge < -0.3 is 5.11 Å². The SMILES string of the molecule is CCCCCCC(F)CCCO. The number of aliphatic hydroxyl groups is 1. The van der Waals surface area contributed by atoms with E-state index in [1.54, 1.807) is 0 Å². The zero-order valence-electron chi connectivity index (χ0n) is 8.06. The van der Waals surface area contributed by atoms with E-state index in [0.29, 0.717) is 19.3 Å². The maximum atomic E-state index is 12.9. The van der Waals surface area contributed by atoms with Crippen molar-refractivity contribution in [2.45, 2.75) is 58.0 Å². The molecule has 1 nitrogen and oxygen atoms in total. The third kappa shape index (κ3) is 7.99. The predicted octanol–water partition coefficient (Wildman–Crippen LogP) is 3.07. The van der Waals surface area contributed by atoms with Crippen LogP contribution in [0.15, 0.2) is 0 Å². The van der Waals surface area contributed by atoms with Crippen LogP contribution in [0.1, 0.15) is 51.9 Å². The Kier molecular flexibility index (Phi) is 8.90. The molecule has 74 valence electrons. The Morgan fingerprint density at radius 2 is 1.75 bits per heavy atom. The topological polar surface area (TPSA) is 20.2 Å². The summed E-state index contributed by atoms with van der Waals surface area (Å²) in [6, 6.07) is 0. The first-order valence-corrected chi connectivity index (χ1v) is 5.06. The standard InChI is InChI=1S/C10H21FO/c1-2-3-4-5-7-10(11)8-6-9-12/h10,12H,2-9H2,1H3. The van der Waals surface area contributed by atoms with Gasteiger partial charge in [-0.05, 0) is 19.3 Å². The molecule has 0 amide bonds. The number of hydrogen-bond acceptors (Lipinski definition) is 1. The molecule has 0 aromatic heterocycles. The Bertz CT molecular complexity index is 85.9. The third-order valence-corrected chi connectivity index (χ3v) is 2.05. The Labute approximate surface area is 75.0 Å². The molecule has 0 aliphatic heterocycles. The molecular formula is C10H21FO. The lowest BCUT2D eigenvalue weighted by Gasteiger charge is -2.05. The van der Waals surface area contributed by atoms with E-state index in [1.807, 2.05) is 0 Å². The van der Waals surface area contributed by atoms with Crippen LogP contribution in [-0.4, -0.2) is 17.9 Å². The summed E-state index contributed by atoms with van der Waals surface area (Å²) in [5.74, 6) is 0. The molecule has 0 bridgehead atoms. The Hall–Kier alpha value is -0.110. The lowest BCUT2D eigenvalue weighted by atomic mass is 10.1. The summed E-state index contributed by atoms with van der Waals surface area (Å²) < 4.78 is 12.9. The number of halogens is 1. The molecule has 0 aliphatic carbocycles.